The second-order valence-electron chi connectivity index (χ2n) is 7.07. The summed E-state index contributed by atoms with van der Waals surface area (Å²) in [7, 11) is 0. The number of nitrogens with zero attached hydrogens (tertiary/aromatic N) is 4. The number of aromatic nitrogens is 2. The number of carbonyl (C=O) groups is 1. The minimum atomic E-state index is -0.193. The molecule has 28 heavy (non-hydrogen) atoms. The normalized spacial score (nSPS) is 16.3. The largest absolute Gasteiger partial charge is 0.306 e. The van der Waals surface area contributed by atoms with Gasteiger partial charge < -0.3 is 5.32 Å². The summed E-state index contributed by atoms with van der Waals surface area (Å²) in [5.74, 6) is 0.485. The van der Waals surface area contributed by atoms with Crippen LogP contribution in [0.15, 0.2) is 78.0 Å². The van der Waals surface area contributed by atoms with E-state index in [2.05, 4.69) is 27.6 Å². The molecule has 1 amide bonds. The molecule has 142 valence electrons. The maximum Gasteiger partial charge on any atom is 0.273 e. The van der Waals surface area contributed by atoms with Gasteiger partial charge in [0, 0.05) is 18.5 Å². The van der Waals surface area contributed by atoms with E-state index in [1.54, 1.807) is 16.9 Å². The molecule has 1 aliphatic rings. The topological polar surface area (TPSA) is 62.5 Å². The Morgan fingerprint density at radius 1 is 1.04 bits per heavy atom. The summed E-state index contributed by atoms with van der Waals surface area (Å²) in [6.07, 6.45) is 2.23. The first-order valence-electron chi connectivity index (χ1n) is 9.45. The molecule has 1 atom stereocenters. The lowest BCUT2D eigenvalue weighted by molar-refractivity contribution is -0.110. The van der Waals surface area contributed by atoms with Crippen molar-refractivity contribution >= 4 is 23.1 Å². The average Bonchev–Trinajstić information content (AvgIpc) is 3.36. The van der Waals surface area contributed by atoms with E-state index in [9.17, 15) is 4.79 Å². The quantitative estimate of drug-likeness (QED) is 0.720. The number of hydrazone groups is 1. The van der Waals surface area contributed by atoms with Gasteiger partial charge in [0.1, 0.15) is 11.5 Å². The van der Waals surface area contributed by atoms with Gasteiger partial charge in [0.05, 0.1) is 17.9 Å². The van der Waals surface area contributed by atoms with E-state index in [1.165, 1.54) is 0 Å². The number of hydrogen-bond donors (Lipinski definition) is 1. The molecule has 6 nitrogen and oxygen atoms in total. The number of carbonyl (C=O) groups excluding carboxylic acids is 1. The van der Waals surface area contributed by atoms with Crippen molar-refractivity contribution in [3.05, 3.63) is 78.5 Å². The molecule has 0 saturated heterocycles. The van der Waals surface area contributed by atoms with Crippen LogP contribution in [0.5, 0.6) is 0 Å². The Labute approximate surface area is 164 Å². The molecule has 0 bridgehead atoms. The molecular formula is C22H23N5O. The Balaban J connectivity index is 1.62. The maximum absolute atomic E-state index is 12.9. The van der Waals surface area contributed by atoms with Crippen molar-refractivity contribution in [2.24, 2.45) is 5.10 Å². The van der Waals surface area contributed by atoms with Gasteiger partial charge in [-0.2, -0.15) is 10.2 Å². The zero-order valence-corrected chi connectivity index (χ0v) is 16.0. The van der Waals surface area contributed by atoms with Crippen LogP contribution in [0.25, 0.3) is 0 Å². The van der Waals surface area contributed by atoms with Crippen molar-refractivity contribution in [3.8, 4) is 0 Å². The molecule has 1 aromatic heterocycles. The Morgan fingerprint density at radius 3 is 2.39 bits per heavy atom. The van der Waals surface area contributed by atoms with Crippen LogP contribution in [-0.4, -0.2) is 21.4 Å². The van der Waals surface area contributed by atoms with Gasteiger partial charge in [-0.05, 0) is 31.5 Å². The highest BCUT2D eigenvalue weighted by Gasteiger charge is 2.32. The standard InChI is InChI=1S/C22H23N5O/c1-16(2)26-21(13-14-23-26)24-22(28)19-15-20(17-9-5-3-6-10-17)27(25-19)18-11-7-4-8-12-18/h3-14,16,20H,15H2,1-2H3,(H,24,28). The Kier molecular flexibility index (Phi) is 4.93. The molecule has 1 unspecified atom stereocenters. The predicted molar refractivity (Wildman–Crippen MR) is 111 cm³/mol. The Bertz CT molecular complexity index is 978. The molecule has 0 aliphatic carbocycles. The molecule has 0 radical (unpaired) electrons. The van der Waals surface area contributed by atoms with Crippen molar-refractivity contribution in [3.63, 3.8) is 0 Å². The lowest BCUT2D eigenvalue weighted by atomic mass is 10.0. The van der Waals surface area contributed by atoms with E-state index in [0.717, 1.165) is 11.3 Å². The van der Waals surface area contributed by atoms with Crippen molar-refractivity contribution in [2.75, 3.05) is 10.3 Å². The maximum atomic E-state index is 12.9. The fourth-order valence-electron chi connectivity index (χ4n) is 3.41. The van der Waals surface area contributed by atoms with Crippen molar-refractivity contribution in [1.82, 2.24) is 9.78 Å². The van der Waals surface area contributed by atoms with Crippen LogP contribution in [0.3, 0.4) is 0 Å². The number of rotatable bonds is 5. The Morgan fingerprint density at radius 2 is 1.71 bits per heavy atom. The zero-order chi connectivity index (χ0) is 19.5. The van der Waals surface area contributed by atoms with E-state index < -0.39 is 0 Å². The Hall–Kier alpha value is -3.41. The molecule has 6 heteroatoms. The number of amides is 1. The SMILES string of the molecule is CC(C)n1nccc1NC(=O)C1=NN(c2ccccc2)C(c2ccccc2)C1. The van der Waals surface area contributed by atoms with Gasteiger partial charge >= 0.3 is 0 Å². The third-order valence-corrected chi connectivity index (χ3v) is 4.78. The van der Waals surface area contributed by atoms with Crippen molar-refractivity contribution in [1.29, 1.82) is 0 Å². The lowest BCUT2D eigenvalue weighted by Crippen LogP contribution is -2.24. The molecule has 1 N–H and O–H groups in total. The number of para-hydroxylation sites is 1. The van der Waals surface area contributed by atoms with Crippen molar-refractivity contribution in [2.45, 2.75) is 32.4 Å². The predicted octanol–water partition coefficient (Wildman–Crippen LogP) is 4.41. The fraction of sp³-hybridized carbons (Fsp3) is 0.227. The van der Waals surface area contributed by atoms with Gasteiger partial charge in [-0.15, -0.1) is 0 Å². The third kappa shape index (κ3) is 3.53. The van der Waals surface area contributed by atoms with Crippen molar-refractivity contribution < 1.29 is 4.79 Å². The molecule has 3 aromatic rings. The second kappa shape index (κ2) is 7.68. The van der Waals surface area contributed by atoms with E-state index >= 15 is 0 Å². The van der Waals surface area contributed by atoms with E-state index in [4.69, 9.17) is 0 Å². The highest BCUT2D eigenvalue weighted by molar-refractivity contribution is 6.43. The molecule has 4 rings (SSSR count). The van der Waals surface area contributed by atoms with Gasteiger partial charge in [0.25, 0.3) is 5.91 Å². The lowest BCUT2D eigenvalue weighted by Gasteiger charge is -2.23. The van der Waals surface area contributed by atoms with Crippen LogP contribution in [0.2, 0.25) is 0 Å². The number of nitrogens with one attached hydrogen (secondary N) is 1. The van der Waals surface area contributed by atoms with Gasteiger partial charge in [-0.3, -0.25) is 9.80 Å². The molecular weight excluding hydrogens is 350 g/mol. The van der Waals surface area contributed by atoms with Crippen LogP contribution in [0.1, 0.15) is 37.9 Å². The summed E-state index contributed by atoms with van der Waals surface area (Å²) < 4.78 is 1.79. The zero-order valence-electron chi connectivity index (χ0n) is 16.0. The van der Waals surface area contributed by atoms with Crippen LogP contribution in [0.4, 0.5) is 11.5 Å². The number of anilines is 2. The van der Waals surface area contributed by atoms with Crippen LogP contribution < -0.4 is 10.3 Å². The van der Waals surface area contributed by atoms with Crippen LogP contribution in [-0.2, 0) is 4.79 Å². The molecule has 0 fully saturated rings. The highest BCUT2D eigenvalue weighted by Crippen LogP contribution is 2.35. The molecule has 2 aromatic carbocycles. The van der Waals surface area contributed by atoms with Gasteiger partial charge in [-0.25, -0.2) is 4.68 Å². The third-order valence-electron chi connectivity index (χ3n) is 4.78. The van der Waals surface area contributed by atoms with Crippen LogP contribution in [0, 0.1) is 0 Å². The monoisotopic (exact) mass is 373 g/mol. The molecule has 2 heterocycles. The van der Waals surface area contributed by atoms with Gasteiger partial charge in [0.15, 0.2) is 0 Å². The fourth-order valence-corrected chi connectivity index (χ4v) is 3.41. The first-order chi connectivity index (χ1) is 13.6. The van der Waals surface area contributed by atoms with E-state index in [-0.39, 0.29) is 18.0 Å². The summed E-state index contributed by atoms with van der Waals surface area (Å²) in [6.45, 7) is 4.05. The minimum Gasteiger partial charge on any atom is -0.306 e. The second-order valence-corrected chi connectivity index (χ2v) is 7.07. The summed E-state index contributed by atoms with van der Waals surface area (Å²) >= 11 is 0. The average molecular weight is 373 g/mol. The number of hydrogen-bond acceptors (Lipinski definition) is 4. The molecule has 0 spiro atoms. The van der Waals surface area contributed by atoms with E-state index in [0.29, 0.717) is 18.0 Å². The smallest absolute Gasteiger partial charge is 0.273 e. The molecule has 0 saturated carbocycles. The number of benzene rings is 2. The minimum absolute atomic E-state index is 0.0145. The van der Waals surface area contributed by atoms with E-state index in [1.807, 2.05) is 67.4 Å². The first-order valence-corrected chi connectivity index (χ1v) is 9.45. The highest BCUT2D eigenvalue weighted by atomic mass is 16.2. The van der Waals surface area contributed by atoms with Gasteiger partial charge in [-0.1, -0.05) is 48.5 Å². The van der Waals surface area contributed by atoms with Crippen LogP contribution >= 0.6 is 0 Å². The summed E-state index contributed by atoms with van der Waals surface area (Å²) in [5.41, 5.74) is 2.60. The first kappa shape index (κ1) is 18.0. The summed E-state index contributed by atoms with van der Waals surface area (Å²) in [4.78, 5) is 12.9. The summed E-state index contributed by atoms with van der Waals surface area (Å²) in [5, 5.41) is 13.8. The summed E-state index contributed by atoms with van der Waals surface area (Å²) in [6, 6.07) is 22.1. The molecule has 1 aliphatic heterocycles. The van der Waals surface area contributed by atoms with Gasteiger partial charge in [0.2, 0.25) is 0 Å².